The number of piperidine rings is 1. The Kier molecular flexibility index (Phi) is 4.22. The third-order valence-corrected chi connectivity index (χ3v) is 3.98. The Labute approximate surface area is 124 Å². The monoisotopic (exact) mass is 291 g/mol. The lowest BCUT2D eigenvalue weighted by Gasteiger charge is -2.32. The summed E-state index contributed by atoms with van der Waals surface area (Å²) in [5.41, 5.74) is 0. The van der Waals surface area contributed by atoms with E-state index in [4.69, 9.17) is 9.47 Å². The van der Waals surface area contributed by atoms with Gasteiger partial charge in [0.05, 0.1) is 26.0 Å². The lowest BCUT2D eigenvalue weighted by molar-refractivity contribution is -0.134. The highest BCUT2D eigenvalue weighted by atomic mass is 16.5. The third-order valence-electron chi connectivity index (χ3n) is 3.98. The Hall–Kier alpha value is -1.85. The van der Waals surface area contributed by atoms with Crippen LogP contribution in [0.1, 0.15) is 32.1 Å². The van der Waals surface area contributed by atoms with Crippen LogP contribution in [0, 0.1) is 5.92 Å². The number of hydrogen-bond donors (Lipinski definition) is 0. The lowest BCUT2D eigenvalue weighted by atomic mass is 10.1. The van der Waals surface area contributed by atoms with E-state index in [1.807, 2.05) is 4.90 Å². The van der Waals surface area contributed by atoms with Gasteiger partial charge in [-0.05, 0) is 31.6 Å². The van der Waals surface area contributed by atoms with Gasteiger partial charge in [0.1, 0.15) is 6.10 Å². The molecule has 6 heteroatoms. The highest BCUT2D eigenvalue weighted by molar-refractivity contribution is 5.76. The molecule has 0 spiro atoms. The largest absolute Gasteiger partial charge is 0.480 e. The maximum absolute atomic E-state index is 12.2. The number of methoxy groups -OCH3 is 1. The molecule has 1 saturated heterocycles. The van der Waals surface area contributed by atoms with E-state index in [2.05, 4.69) is 9.97 Å². The second-order valence-electron chi connectivity index (χ2n) is 5.77. The highest BCUT2D eigenvalue weighted by Gasteiger charge is 2.30. The second kappa shape index (κ2) is 6.28. The molecule has 1 aromatic rings. The van der Waals surface area contributed by atoms with Crippen molar-refractivity contribution in [3.05, 3.63) is 12.4 Å². The van der Waals surface area contributed by atoms with Crippen molar-refractivity contribution in [2.24, 2.45) is 5.92 Å². The summed E-state index contributed by atoms with van der Waals surface area (Å²) >= 11 is 0. The van der Waals surface area contributed by atoms with E-state index in [1.54, 1.807) is 19.5 Å². The fourth-order valence-electron chi connectivity index (χ4n) is 2.62. The lowest BCUT2D eigenvalue weighted by Crippen LogP contribution is -2.44. The van der Waals surface area contributed by atoms with Gasteiger partial charge in [-0.15, -0.1) is 0 Å². The van der Waals surface area contributed by atoms with Gasteiger partial charge in [-0.3, -0.25) is 9.78 Å². The molecule has 1 saturated carbocycles. The molecule has 2 aliphatic rings. The molecule has 2 fully saturated rings. The van der Waals surface area contributed by atoms with Crippen LogP contribution in [0.2, 0.25) is 0 Å². The van der Waals surface area contributed by atoms with Crippen molar-refractivity contribution in [1.29, 1.82) is 0 Å². The molecule has 21 heavy (non-hydrogen) atoms. The average molecular weight is 291 g/mol. The zero-order chi connectivity index (χ0) is 14.7. The zero-order valence-corrected chi connectivity index (χ0v) is 12.3. The minimum Gasteiger partial charge on any atom is -0.480 e. The molecule has 1 aromatic heterocycles. The molecule has 0 bridgehead atoms. The molecule has 0 radical (unpaired) electrons. The molecular formula is C15H21N3O3. The SMILES string of the molecule is COc1cncc(O[C@@H]2CCCN(C(=O)CC3CC3)C2)n1. The topological polar surface area (TPSA) is 64.6 Å². The van der Waals surface area contributed by atoms with Crippen molar-refractivity contribution in [2.45, 2.75) is 38.2 Å². The first-order valence-electron chi connectivity index (χ1n) is 7.55. The zero-order valence-electron chi connectivity index (χ0n) is 12.3. The number of carbonyl (C=O) groups excluding carboxylic acids is 1. The molecular weight excluding hydrogens is 270 g/mol. The summed E-state index contributed by atoms with van der Waals surface area (Å²) in [4.78, 5) is 22.3. The smallest absolute Gasteiger partial charge is 0.235 e. The minimum absolute atomic E-state index is 0.0108. The molecule has 2 heterocycles. The Bertz CT molecular complexity index is 505. The standard InChI is InChI=1S/C15H21N3O3/c1-20-13-8-16-9-14(17-13)21-12-3-2-6-18(10-12)15(19)7-11-4-5-11/h8-9,11-12H,2-7,10H2,1H3/t12-/m1/s1. The molecule has 3 rings (SSSR count). The van der Waals surface area contributed by atoms with Gasteiger partial charge in [-0.1, -0.05) is 0 Å². The van der Waals surface area contributed by atoms with Crippen LogP contribution in [0.5, 0.6) is 11.8 Å². The van der Waals surface area contributed by atoms with Crippen LogP contribution in [0.15, 0.2) is 12.4 Å². The van der Waals surface area contributed by atoms with Crippen LogP contribution >= 0.6 is 0 Å². The Morgan fingerprint density at radius 2 is 2.14 bits per heavy atom. The number of amides is 1. The van der Waals surface area contributed by atoms with Gasteiger partial charge in [0.15, 0.2) is 0 Å². The van der Waals surface area contributed by atoms with Gasteiger partial charge >= 0.3 is 0 Å². The molecule has 1 aliphatic carbocycles. The molecule has 6 nitrogen and oxygen atoms in total. The summed E-state index contributed by atoms with van der Waals surface area (Å²) in [5.74, 6) is 1.78. The number of likely N-dealkylation sites (tertiary alicyclic amines) is 1. The molecule has 114 valence electrons. The number of carbonyl (C=O) groups is 1. The normalized spacial score (nSPS) is 22.0. The van der Waals surface area contributed by atoms with E-state index in [0.717, 1.165) is 19.4 Å². The Morgan fingerprint density at radius 1 is 1.33 bits per heavy atom. The number of ether oxygens (including phenoxy) is 2. The van der Waals surface area contributed by atoms with E-state index in [9.17, 15) is 4.79 Å². The van der Waals surface area contributed by atoms with Crippen molar-refractivity contribution in [2.75, 3.05) is 20.2 Å². The van der Waals surface area contributed by atoms with Crippen LogP contribution < -0.4 is 9.47 Å². The van der Waals surface area contributed by atoms with Gasteiger partial charge in [-0.2, -0.15) is 4.98 Å². The Morgan fingerprint density at radius 3 is 2.90 bits per heavy atom. The van der Waals surface area contributed by atoms with Crippen LogP contribution in [-0.4, -0.2) is 47.1 Å². The van der Waals surface area contributed by atoms with Crippen LogP contribution in [-0.2, 0) is 4.79 Å². The highest BCUT2D eigenvalue weighted by Crippen LogP contribution is 2.33. The number of rotatable bonds is 5. The fraction of sp³-hybridized carbons (Fsp3) is 0.667. The average Bonchev–Trinajstić information content (AvgIpc) is 3.31. The molecule has 1 aliphatic heterocycles. The van der Waals surface area contributed by atoms with Crippen molar-refractivity contribution < 1.29 is 14.3 Å². The van der Waals surface area contributed by atoms with E-state index in [-0.39, 0.29) is 12.0 Å². The van der Waals surface area contributed by atoms with Crippen molar-refractivity contribution >= 4 is 5.91 Å². The third kappa shape index (κ3) is 3.83. The predicted octanol–water partition coefficient (Wildman–Crippen LogP) is 1.66. The van der Waals surface area contributed by atoms with Gasteiger partial charge in [0.2, 0.25) is 17.7 Å². The summed E-state index contributed by atoms with van der Waals surface area (Å²) in [5, 5.41) is 0. The number of hydrogen-bond acceptors (Lipinski definition) is 5. The van der Waals surface area contributed by atoms with Gasteiger partial charge in [0.25, 0.3) is 0 Å². The van der Waals surface area contributed by atoms with Crippen LogP contribution in [0.25, 0.3) is 0 Å². The van der Waals surface area contributed by atoms with Crippen molar-refractivity contribution in [3.8, 4) is 11.8 Å². The fourth-order valence-corrected chi connectivity index (χ4v) is 2.62. The summed E-state index contributed by atoms with van der Waals surface area (Å²) < 4.78 is 10.9. The van der Waals surface area contributed by atoms with Crippen LogP contribution in [0.3, 0.4) is 0 Å². The van der Waals surface area contributed by atoms with Gasteiger partial charge in [0, 0.05) is 13.0 Å². The van der Waals surface area contributed by atoms with Crippen molar-refractivity contribution in [1.82, 2.24) is 14.9 Å². The molecule has 1 atom stereocenters. The van der Waals surface area contributed by atoms with Gasteiger partial charge < -0.3 is 14.4 Å². The maximum atomic E-state index is 12.2. The Balaban J connectivity index is 1.56. The van der Waals surface area contributed by atoms with E-state index in [1.165, 1.54) is 12.8 Å². The first-order valence-corrected chi connectivity index (χ1v) is 7.55. The van der Waals surface area contributed by atoms with Crippen LogP contribution in [0.4, 0.5) is 0 Å². The predicted molar refractivity (Wildman–Crippen MR) is 76.2 cm³/mol. The van der Waals surface area contributed by atoms with Gasteiger partial charge in [-0.25, -0.2) is 0 Å². The van der Waals surface area contributed by atoms with E-state index < -0.39 is 0 Å². The second-order valence-corrected chi connectivity index (χ2v) is 5.77. The summed E-state index contributed by atoms with van der Waals surface area (Å²) in [7, 11) is 1.55. The molecule has 1 amide bonds. The number of aromatic nitrogens is 2. The summed E-state index contributed by atoms with van der Waals surface area (Å²) in [6.07, 6.45) is 8.13. The first kappa shape index (κ1) is 14.1. The summed E-state index contributed by atoms with van der Waals surface area (Å²) in [6, 6.07) is 0. The van der Waals surface area contributed by atoms with E-state index in [0.29, 0.717) is 30.6 Å². The van der Waals surface area contributed by atoms with E-state index >= 15 is 0 Å². The maximum Gasteiger partial charge on any atom is 0.235 e. The first-order chi connectivity index (χ1) is 10.2. The quantitative estimate of drug-likeness (QED) is 0.825. The summed E-state index contributed by atoms with van der Waals surface area (Å²) in [6.45, 7) is 1.49. The van der Waals surface area contributed by atoms with Crippen molar-refractivity contribution in [3.63, 3.8) is 0 Å². The molecule has 0 aromatic carbocycles. The molecule has 0 N–H and O–H groups in total. The minimum atomic E-state index is -0.0108. The number of nitrogens with zero attached hydrogens (tertiary/aromatic N) is 3. The molecule has 0 unspecified atom stereocenters.